The standard InChI is InChI=1S/C10H19N3/c1-10(12-9-11)5-4-8-13-6-2-3-7-13/h10-11H,2-8H2,1H3. The first-order valence-electron chi connectivity index (χ1n) is 5.17. The molecular weight excluding hydrogens is 162 g/mol. The molecule has 74 valence electrons. The zero-order chi connectivity index (χ0) is 9.52. The molecular formula is C10H19N3. The molecule has 0 spiro atoms. The monoisotopic (exact) mass is 181 g/mol. The number of nitrogens with zero attached hydrogens (tertiary/aromatic N) is 2. The van der Waals surface area contributed by atoms with Crippen LogP contribution in [0.15, 0.2) is 4.99 Å². The zero-order valence-corrected chi connectivity index (χ0v) is 8.42. The summed E-state index contributed by atoms with van der Waals surface area (Å²) in [5.74, 6) is 0. The summed E-state index contributed by atoms with van der Waals surface area (Å²) in [5.41, 5.74) is 0. The van der Waals surface area contributed by atoms with Crippen LogP contribution in [-0.4, -0.2) is 36.6 Å². The summed E-state index contributed by atoms with van der Waals surface area (Å²) in [6.07, 6.45) is 5.02. The second-order valence-electron chi connectivity index (χ2n) is 3.78. The molecule has 1 rings (SSSR count). The molecule has 3 heteroatoms. The highest BCUT2D eigenvalue weighted by Gasteiger charge is 2.10. The first-order chi connectivity index (χ1) is 6.33. The van der Waals surface area contributed by atoms with Crippen LogP contribution in [0, 0.1) is 5.41 Å². The van der Waals surface area contributed by atoms with Gasteiger partial charge in [0.1, 0.15) is 0 Å². The van der Waals surface area contributed by atoms with Crippen molar-refractivity contribution >= 4 is 6.01 Å². The molecule has 1 unspecified atom stereocenters. The van der Waals surface area contributed by atoms with E-state index in [0.717, 1.165) is 6.42 Å². The highest BCUT2D eigenvalue weighted by Crippen LogP contribution is 2.09. The minimum Gasteiger partial charge on any atom is -0.303 e. The Bertz CT molecular complexity index is 179. The molecule has 0 saturated carbocycles. The molecule has 1 aliphatic rings. The van der Waals surface area contributed by atoms with Gasteiger partial charge in [0.2, 0.25) is 0 Å². The van der Waals surface area contributed by atoms with Crippen LogP contribution in [0.5, 0.6) is 0 Å². The van der Waals surface area contributed by atoms with Gasteiger partial charge in [0.05, 0.1) is 12.1 Å². The van der Waals surface area contributed by atoms with Gasteiger partial charge in [0.25, 0.3) is 0 Å². The van der Waals surface area contributed by atoms with Gasteiger partial charge in [-0.15, -0.1) is 0 Å². The quantitative estimate of drug-likeness (QED) is 0.647. The predicted molar refractivity (Wildman–Crippen MR) is 54.5 cm³/mol. The van der Waals surface area contributed by atoms with E-state index in [-0.39, 0.29) is 6.04 Å². The Morgan fingerprint density at radius 1 is 1.46 bits per heavy atom. The summed E-state index contributed by atoms with van der Waals surface area (Å²) in [6.45, 7) is 5.81. The Morgan fingerprint density at radius 3 is 2.77 bits per heavy atom. The number of aliphatic imine (C=N–C) groups is 1. The van der Waals surface area contributed by atoms with Crippen LogP contribution in [0.25, 0.3) is 0 Å². The number of hydrogen-bond donors (Lipinski definition) is 1. The lowest BCUT2D eigenvalue weighted by Gasteiger charge is -2.14. The lowest BCUT2D eigenvalue weighted by Crippen LogP contribution is -2.21. The van der Waals surface area contributed by atoms with Gasteiger partial charge >= 0.3 is 0 Å². The smallest absolute Gasteiger partial charge is 0.0864 e. The van der Waals surface area contributed by atoms with Crippen molar-refractivity contribution in [2.75, 3.05) is 19.6 Å². The summed E-state index contributed by atoms with van der Waals surface area (Å²) in [4.78, 5) is 6.40. The summed E-state index contributed by atoms with van der Waals surface area (Å²) in [5, 5.41) is 6.71. The van der Waals surface area contributed by atoms with E-state index in [9.17, 15) is 0 Å². The van der Waals surface area contributed by atoms with Crippen molar-refractivity contribution in [2.24, 2.45) is 4.99 Å². The third-order valence-electron chi connectivity index (χ3n) is 2.58. The van der Waals surface area contributed by atoms with E-state index in [0.29, 0.717) is 0 Å². The van der Waals surface area contributed by atoms with Crippen LogP contribution in [0.1, 0.15) is 32.6 Å². The first-order valence-corrected chi connectivity index (χ1v) is 5.17. The van der Waals surface area contributed by atoms with E-state index in [1.807, 2.05) is 6.92 Å². The number of rotatable bonds is 5. The van der Waals surface area contributed by atoms with Crippen LogP contribution in [0.4, 0.5) is 0 Å². The van der Waals surface area contributed by atoms with Crippen LogP contribution < -0.4 is 0 Å². The molecule has 1 atom stereocenters. The number of nitrogens with one attached hydrogen (secondary N) is 1. The molecule has 0 aromatic carbocycles. The molecule has 1 fully saturated rings. The third kappa shape index (κ3) is 4.20. The first kappa shape index (κ1) is 10.4. The second-order valence-corrected chi connectivity index (χ2v) is 3.78. The Labute approximate surface area is 80.4 Å². The Balaban J connectivity index is 2.02. The average molecular weight is 181 g/mol. The van der Waals surface area contributed by atoms with Gasteiger partial charge in [-0.3, -0.25) is 0 Å². The van der Waals surface area contributed by atoms with E-state index < -0.39 is 0 Å². The molecule has 3 nitrogen and oxygen atoms in total. The van der Waals surface area contributed by atoms with Crippen molar-refractivity contribution in [1.82, 2.24) is 4.90 Å². The fourth-order valence-electron chi connectivity index (χ4n) is 1.79. The van der Waals surface area contributed by atoms with Gasteiger partial charge in [-0.25, -0.2) is 10.4 Å². The fraction of sp³-hybridized carbons (Fsp3) is 0.900. The highest BCUT2D eigenvalue weighted by molar-refractivity contribution is 5.36. The van der Waals surface area contributed by atoms with Crippen molar-refractivity contribution in [2.45, 2.75) is 38.6 Å². The van der Waals surface area contributed by atoms with E-state index in [1.54, 1.807) is 0 Å². The number of hydrogen-bond acceptors (Lipinski definition) is 3. The van der Waals surface area contributed by atoms with Gasteiger partial charge in [-0.2, -0.15) is 0 Å². The average Bonchev–Trinajstić information content (AvgIpc) is 2.57. The maximum absolute atomic E-state index is 6.71. The van der Waals surface area contributed by atoms with Crippen molar-refractivity contribution < 1.29 is 0 Å². The van der Waals surface area contributed by atoms with Gasteiger partial charge in [-0.05, 0) is 52.2 Å². The lowest BCUT2D eigenvalue weighted by molar-refractivity contribution is 0.326. The van der Waals surface area contributed by atoms with Crippen molar-refractivity contribution in [3.8, 4) is 0 Å². The summed E-state index contributed by atoms with van der Waals surface area (Å²) >= 11 is 0. The number of likely N-dealkylation sites (tertiary alicyclic amines) is 1. The van der Waals surface area contributed by atoms with Gasteiger partial charge < -0.3 is 4.90 Å². The zero-order valence-electron chi connectivity index (χ0n) is 8.42. The lowest BCUT2D eigenvalue weighted by atomic mass is 10.2. The van der Waals surface area contributed by atoms with Gasteiger partial charge in [0, 0.05) is 0 Å². The van der Waals surface area contributed by atoms with Crippen LogP contribution >= 0.6 is 0 Å². The topological polar surface area (TPSA) is 39.5 Å². The fourth-order valence-corrected chi connectivity index (χ4v) is 1.79. The highest BCUT2D eigenvalue weighted by atomic mass is 15.1. The Hall–Kier alpha value is -0.660. The molecule has 0 aliphatic carbocycles. The molecule has 0 amide bonds. The minimum atomic E-state index is 0.278. The van der Waals surface area contributed by atoms with E-state index in [4.69, 9.17) is 5.41 Å². The Morgan fingerprint density at radius 2 is 2.15 bits per heavy atom. The van der Waals surface area contributed by atoms with Gasteiger partial charge in [0.15, 0.2) is 0 Å². The summed E-state index contributed by atoms with van der Waals surface area (Å²) in [6, 6.07) is 2.39. The van der Waals surface area contributed by atoms with Crippen LogP contribution in [-0.2, 0) is 0 Å². The van der Waals surface area contributed by atoms with Crippen LogP contribution in [0.2, 0.25) is 0 Å². The second kappa shape index (κ2) is 5.90. The maximum Gasteiger partial charge on any atom is 0.0864 e. The minimum absolute atomic E-state index is 0.278. The van der Waals surface area contributed by atoms with Crippen molar-refractivity contribution in [3.05, 3.63) is 0 Å². The van der Waals surface area contributed by atoms with E-state index >= 15 is 0 Å². The van der Waals surface area contributed by atoms with Crippen LogP contribution in [0.3, 0.4) is 0 Å². The molecule has 13 heavy (non-hydrogen) atoms. The van der Waals surface area contributed by atoms with Gasteiger partial charge in [-0.1, -0.05) is 0 Å². The Kier molecular flexibility index (Phi) is 4.73. The maximum atomic E-state index is 6.71. The largest absolute Gasteiger partial charge is 0.303 e. The molecule has 0 aromatic rings. The normalized spacial score (nSPS) is 19.8. The molecule has 0 aromatic heterocycles. The van der Waals surface area contributed by atoms with Crippen molar-refractivity contribution in [1.29, 1.82) is 5.41 Å². The molecule has 1 aliphatic heterocycles. The molecule has 1 saturated heterocycles. The molecule has 0 radical (unpaired) electrons. The summed E-state index contributed by atoms with van der Waals surface area (Å²) < 4.78 is 0. The third-order valence-corrected chi connectivity index (χ3v) is 2.58. The van der Waals surface area contributed by atoms with Crippen molar-refractivity contribution in [3.63, 3.8) is 0 Å². The molecule has 0 bridgehead atoms. The van der Waals surface area contributed by atoms with E-state index in [1.165, 1.54) is 38.9 Å². The van der Waals surface area contributed by atoms with E-state index in [2.05, 4.69) is 15.9 Å². The predicted octanol–water partition coefficient (Wildman–Crippen LogP) is 2.00. The molecule has 1 N–H and O–H groups in total. The summed E-state index contributed by atoms with van der Waals surface area (Å²) in [7, 11) is 0. The SMILES string of the molecule is CC(CCCN1CCCC1)N=C=N. The molecule has 1 heterocycles.